The summed E-state index contributed by atoms with van der Waals surface area (Å²) in [4.78, 5) is 0. The number of hydrogen-bond donors (Lipinski definition) is 0. The van der Waals surface area contributed by atoms with E-state index in [1.165, 1.54) is 238 Å². The lowest BCUT2D eigenvalue weighted by atomic mass is 9.80. The van der Waals surface area contributed by atoms with Crippen LogP contribution in [0.3, 0.4) is 0 Å². The Morgan fingerprint density at radius 2 is 0.333 bits per heavy atom. The van der Waals surface area contributed by atoms with E-state index < -0.39 is 0 Å². The van der Waals surface area contributed by atoms with Gasteiger partial charge in [0.05, 0.1) is 0 Å². The Balaban J connectivity index is 0.000000396. The first kappa shape index (κ1) is 67.0. The van der Waals surface area contributed by atoms with Gasteiger partial charge in [-0.25, -0.2) is 0 Å². The van der Waals surface area contributed by atoms with Crippen molar-refractivity contribution in [3.63, 3.8) is 0 Å². The first-order valence-corrected chi connectivity index (χ1v) is 33.0. The summed E-state index contributed by atoms with van der Waals surface area (Å²) >= 11 is 0. The molecule has 414 valence electrons. The minimum atomic E-state index is 1.01. The molecule has 8 fully saturated rings. The van der Waals surface area contributed by atoms with Gasteiger partial charge in [-0.1, -0.05) is 329 Å². The summed E-state index contributed by atoms with van der Waals surface area (Å²) in [7, 11) is 0. The van der Waals surface area contributed by atoms with Gasteiger partial charge < -0.3 is 0 Å². The molecule has 0 aromatic rings. The van der Waals surface area contributed by atoms with Crippen molar-refractivity contribution >= 4 is 0 Å². The van der Waals surface area contributed by atoms with Crippen LogP contribution in [0.1, 0.15) is 348 Å². The summed E-state index contributed by atoms with van der Waals surface area (Å²) in [5.41, 5.74) is 0. The fourth-order valence-corrected chi connectivity index (χ4v) is 13.8. The van der Waals surface area contributed by atoms with E-state index in [1.807, 2.05) is 0 Å². The van der Waals surface area contributed by atoms with Gasteiger partial charge in [0.25, 0.3) is 0 Å². The van der Waals surface area contributed by atoms with E-state index in [2.05, 4.69) is 111 Å². The third-order valence-corrected chi connectivity index (χ3v) is 20.4. The van der Waals surface area contributed by atoms with E-state index in [0.717, 1.165) is 94.7 Å². The van der Waals surface area contributed by atoms with Crippen molar-refractivity contribution < 1.29 is 0 Å². The minimum Gasteiger partial charge on any atom is -0.0651 e. The highest BCUT2D eigenvalue weighted by Crippen LogP contribution is 2.36. The topological polar surface area (TPSA) is 0 Å². The standard InChI is InChI=1S/3C10H20.C9H18.2C8H16.2C7H14/c1-9-5-3-7-10(2)8-4-6-9;2*1-3-9-5-7-10(4-2)8-6-9;1-3-8-5-6-9(4-2)7-8;2*1-7-3-5-8(2)6-4-7;2*1-6-3-4-7(2)5-6/h3*9-10H,3-8H2,1-2H3;8-9H,3-7H2,1-2H3;2*7-8H,3-6H2,1-2H3;2*6-7H,3-5H2,1-2H3. The Morgan fingerprint density at radius 3 is 0.478 bits per heavy atom. The number of rotatable bonds is 6. The first-order valence-electron chi connectivity index (χ1n) is 33.0. The van der Waals surface area contributed by atoms with E-state index in [9.17, 15) is 0 Å². The molecule has 0 radical (unpaired) electrons. The number of hydrogen-bond acceptors (Lipinski definition) is 0. The van der Waals surface area contributed by atoms with Gasteiger partial charge in [0, 0.05) is 0 Å². The van der Waals surface area contributed by atoms with Crippen molar-refractivity contribution in [2.24, 2.45) is 94.7 Å². The van der Waals surface area contributed by atoms with Crippen molar-refractivity contribution in [3.05, 3.63) is 0 Å². The summed E-state index contributed by atoms with van der Waals surface area (Å²) in [5.74, 6) is 16.6. The van der Waals surface area contributed by atoms with Gasteiger partial charge in [-0.05, 0) is 114 Å². The van der Waals surface area contributed by atoms with E-state index in [-0.39, 0.29) is 0 Å². The van der Waals surface area contributed by atoms with Crippen molar-refractivity contribution in [3.8, 4) is 0 Å². The zero-order valence-corrected chi connectivity index (χ0v) is 51.4. The normalized spacial score (nSPS) is 37.6. The molecule has 0 spiro atoms. The molecule has 0 aromatic carbocycles. The molecule has 0 N–H and O–H groups in total. The molecule has 0 aliphatic heterocycles. The predicted octanol–water partition coefficient (Wildman–Crippen LogP) is 24.6. The molecule has 6 atom stereocenters. The fourth-order valence-electron chi connectivity index (χ4n) is 13.8. The smallest absolute Gasteiger partial charge is 0.0414 e. The van der Waals surface area contributed by atoms with Crippen LogP contribution >= 0.6 is 0 Å². The molecular formula is C69H138. The molecule has 8 rings (SSSR count). The van der Waals surface area contributed by atoms with E-state index in [4.69, 9.17) is 0 Å². The van der Waals surface area contributed by atoms with Crippen molar-refractivity contribution in [1.82, 2.24) is 0 Å². The predicted molar refractivity (Wildman–Crippen MR) is 317 cm³/mol. The van der Waals surface area contributed by atoms with Gasteiger partial charge in [0.1, 0.15) is 0 Å². The highest BCUT2D eigenvalue weighted by Gasteiger charge is 2.22. The Hall–Kier alpha value is 0. The highest BCUT2D eigenvalue weighted by molar-refractivity contribution is 4.74. The van der Waals surface area contributed by atoms with Crippen LogP contribution in [0.5, 0.6) is 0 Å². The van der Waals surface area contributed by atoms with Gasteiger partial charge in [-0.2, -0.15) is 0 Å². The zero-order chi connectivity index (χ0) is 51.4. The van der Waals surface area contributed by atoms with Gasteiger partial charge >= 0.3 is 0 Å². The van der Waals surface area contributed by atoms with Crippen LogP contribution in [0.2, 0.25) is 0 Å². The molecular weight excluding hydrogens is 829 g/mol. The molecule has 0 bridgehead atoms. The maximum Gasteiger partial charge on any atom is -0.0414 e. The Kier molecular flexibility index (Phi) is 41.0. The van der Waals surface area contributed by atoms with Crippen LogP contribution in [0.15, 0.2) is 0 Å². The summed E-state index contributed by atoms with van der Waals surface area (Å²) in [6.07, 6.45) is 54.6. The second-order valence-corrected chi connectivity index (χ2v) is 27.6. The maximum absolute atomic E-state index is 2.40. The van der Waals surface area contributed by atoms with Crippen LogP contribution in [0.25, 0.3) is 0 Å². The Labute approximate surface area is 441 Å². The van der Waals surface area contributed by atoms with E-state index in [1.54, 1.807) is 0 Å². The van der Waals surface area contributed by atoms with Crippen LogP contribution in [0, 0.1) is 94.7 Å². The third-order valence-electron chi connectivity index (χ3n) is 20.4. The van der Waals surface area contributed by atoms with Gasteiger partial charge in [-0.15, -0.1) is 0 Å². The Morgan fingerprint density at radius 1 is 0.174 bits per heavy atom. The summed E-state index contributed by atoms with van der Waals surface area (Å²) < 4.78 is 0. The SMILES string of the molecule is CC1CCC(C)C1.CC1CCC(C)C1.CC1CCC(C)CC1.CC1CCC(C)CC1.CC1CCCC(C)CCC1.CCC1CCC(CC)C1.CCC1CCC(CC)CC1.CCC1CCC(CC)CC1. The lowest BCUT2D eigenvalue weighted by Crippen LogP contribution is -2.12. The summed E-state index contributed by atoms with van der Waals surface area (Å²) in [6.45, 7) is 37.6. The van der Waals surface area contributed by atoms with Gasteiger partial charge in [0.2, 0.25) is 0 Å². The van der Waals surface area contributed by atoms with Crippen LogP contribution in [0.4, 0.5) is 0 Å². The molecule has 0 amide bonds. The van der Waals surface area contributed by atoms with Crippen molar-refractivity contribution in [1.29, 1.82) is 0 Å². The molecule has 8 aliphatic rings. The third kappa shape index (κ3) is 35.8. The van der Waals surface area contributed by atoms with E-state index in [0.29, 0.717) is 0 Å². The maximum atomic E-state index is 2.40. The quantitative estimate of drug-likeness (QED) is 0.249. The lowest BCUT2D eigenvalue weighted by molar-refractivity contribution is 0.264. The molecule has 0 nitrogen and oxygen atoms in total. The second kappa shape index (κ2) is 42.2. The van der Waals surface area contributed by atoms with Gasteiger partial charge in [0.15, 0.2) is 0 Å². The second-order valence-electron chi connectivity index (χ2n) is 27.6. The molecule has 0 heterocycles. The zero-order valence-electron chi connectivity index (χ0n) is 51.4. The molecule has 69 heavy (non-hydrogen) atoms. The van der Waals surface area contributed by atoms with Crippen molar-refractivity contribution in [2.45, 2.75) is 348 Å². The van der Waals surface area contributed by atoms with Gasteiger partial charge in [-0.3, -0.25) is 0 Å². The lowest BCUT2D eigenvalue weighted by Gasteiger charge is -2.26. The Bertz CT molecular complexity index is 906. The fraction of sp³-hybridized carbons (Fsp3) is 1.00. The molecule has 8 saturated carbocycles. The molecule has 8 aliphatic carbocycles. The van der Waals surface area contributed by atoms with Crippen LogP contribution in [-0.2, 0) is 0 Å². The minimum absolute atomic E-state index is 1.01. The molecule has 0 heteroatoms. The summed E-state index contributed by atoms with van der Waals surface area (Å²) in [5, 5.41) is 0. The van der Waals surface area contributed by atoms with Crippen molar-refractivity contribution in [2.75, 3.05) is 0 Å². The largest absolute Gasteiger partial charge is 0.0651 e. The highest BCUT2D eigenvalue weighted by atomic mass is 14.3. The summed E-state index contributed by atoms with van der Waals surface area (Å²) in [6, 6.07) is 0. The van der Waals surface area contributed by atoms with Crippen LogP contribution in [-0.4, -0.2) is 0 Å². The van der Waals surface area contributed by atoms with E-state index >= 15 is 0 Å². The average Bonchev–Trinajstić information content (AvgIpc) is 4.11. The molecule has 0 aromatic heterocycles. The molecule has 6 unspecified atom stereocenters. The first-order chi connectivity index (χ1) is 33.0. The monoisotopic (exact) mass is 967 g/mol. The average molecular weight is 968 g/mol. The molecule has 0 saturated heterocycles. The van der Waals surface area contributed by atoms with Crippen LogP contribution < -0.4 is 0 Å².